The standard InChI is InChI=1S/C24H20F3N3O3/c1-2-15-5-3-4-6-16(15)7-8-18-13-17(9-11-28-18)21-14-19-20(10-12-29-22(19)31)30(21)33-23(32)24(25,26)27/h3-9,11,13-14H,2,10,12H2,1H3,(H,29,31). The number of halogens is 3. The van der Waals surface area contributed by atoms with Crippen molar-refractivity contribution in [3.63, 3.8) is 0 Å². The average Bonchev–Trinajstić information content (AvgIpc) is 3.17. The summed E-state index contributed by atoms with van der Waals surface area (Å²) >= 11 is 0. The first kappa shape index (κ1) is 22.3. The SMILES string of the molecule is CCc1ccccc1C=Cc1cc(-c2cc3c(n2OC(=O)C(F)(F)F)CCNC3=O)ccn1. The number of carbonyl (C=O) groups is 2. The lowest BCUT2D eigenvalue weighted by atomic mass is 10.0. The van der Waals surface area contributed by atoms with Gasteiger partial charge in [0.25, 0.3) is 5.91 Å². The minimum atomic E-state index is -5.18. The first-order valence-corrected chi connectivity index (χ1v) is 10.3. The molecular formula is C24H20F3N3O3. The maximum absolute atomic E-state index is 12.9. The van der Waals surface area contributed by atoms with Crippen LogP contribution >= 0.6 is 0 Å². The Morgan fingerprint density at radius 3 is 2.76 bits per heavy atom. The maximum atomic E-state index is 12.9. The molecule has 0 saturated carbocycles. The molecule has 170 valence electrons. The highest BCUT2D eigenvalue weighted by Gasteiger charge is 2.43. The van der Waals surface area contributed by atoms with Crippen LogP contribution in [0.25, 0.3) is 23.4 Å². The topological polar surface area (TPSA) is 73.2 Å². The highest BCUT2D eigenvalue weighted by Crippen LogP contribution is 2.29. The van der Waals surface area contributed by atoms with Gasteiger partial charge in [-0.25, -0.2) is 4.79 Å². The molecule has 0 unspecified atom stereocenters. The van der Waals surface area contributed by atoms with Crippen molar-refractivity contribution in [2.45, 2.75) is 25.9 Å². The monoisotopic (exact) mass is 455 g/mol. The van der Waals surface area contributed by atoms with Gasteiger partial charge in [-0.05, 0) is 41.8 Å². The van der Waals surface area contributed by atoms with Crippen LogP contribution < -0.4 is 10.2 Å². The minimum absolute atomic E-state index is 0.153. The third-order valence-corrected chi connectivity index (χ3v) is 5.30. The van der Waals surface area contributed by atoms with Crippen LogP contribution in [0.2, 0.25) is 0 Å². The number of benzene rings is 1. The molecule has 0 spiro atoms. The zero-order chi connectivity index (χ0) is 23.6. The number of alkyl halides is 3. The van der Waals surface area contributed by atoms with Crippen LogP contribution in [-0.4, -0.2) is 34.3 Å². The lowest BCUT2D eigenvalue weighted by molar-refractivity contribution is -0.199. The van der Waals surface area contributed by atoms with Gasteiger partial charge in [0.2, 0.25) is 0 Å². The van der Waals surface area contributed by atoms with Crippen molar-refractivity contribution in [2.75, 3.05) is 6.54 Å². The number of aryl methyl sites for hydroxylation is 1. The number of carbonyl (C=O) groups excluding carboxylic acids is 2. The number of pyridine rings is 1. The van der Waals surface area contributed by atoms with Crippen molar-refractivity contribution in [3.8, 4) is 11.3 Å². The second-order valence-corrected chi connectivity index (χ2v) is 7.42. The van der Waals surface area contributed by atoms with E-state index in [1.54, 1.807) is 18.2 Å². The molecule has 1 amide bonds. The van der Waals surface area contributed by atoms with E-state index in [-0.39, 0.29) is 29.9 Å². The van der Waals surface area contributed by atoms with Gasteiger partial charge in [0.1, 0.15) is 0 Å². The first-order valence-electron chi connectivity index (χ1n) is 10.3. The van der Waals surface area contributed by atoms with Crippen molar-refractivity contribution in [1.82, 2.24) is 15.0 Å². The highest BCUT2D eigenvalue weighted by molar-refractivity contribution is 5.98. The van der Waals surface area contributed by atoms with E-state index in [0.29, 0.717) is 11.3 Å². The number of aromatic nitrogens is 2. The van der Waals surface area contributed by atoms with E-state index in [4.69, 9.17) is 0 Å². The predicted molar refractivity (Wildman–Crippen MR) is 116 cm³/mol. The number of nitrogens with zero attached hydrogens (tertiary/aromatic N) is 2. The van der Waals surface area contributed by atoms with Crippen molar-refractivity contribution < 1.29 is 27.6 Å². The van der Waals surface area contributed by atoms with E-state index < -0.39 is 18.1 Å². The Morgan fingerprint density at radius 1 is 1.21 bits per heavy atom. The quantitative estimate of drug-likeness (QED) is 0.629. The smallest absolute Gasteiger partial charge is 0.352 e. The van der Waals surface area contributed by atoms with Gasteiger partial charge in [-0.15, -0.1) is 0 Å². The summed E-state index contributed by atoms with van der Waals surface area (Å²) in [6, 6.07) is 12.6. The Labute approximate surface area is 187 Å². The largest absolute Gasteiger partial charge is 0.493 e. The molecule has 1 N–H and O–H groups in total. The molecule has 4 rings (SSSR count). The Bertz CT molecular complexity index is 1250. The molecule has 1 aromatic carbocycles. The Morgan fingerprint density at radius 2 is 2.00 bits per heavy atom. The fraction of sp³-hybridized carbons (Fsp3) is 0.208. The molecule has 3 aromatic rings. The van der Waals surface area contributed by atoms with E-state index in [0.717, 1.165) is 22.3 Å². The van der Waals surface area contributed by atoms with Gasteiger partial charge in [-0.3, -0.25) is 9.78 Å². The third-order valence-electron chi connectivity index (χ3n) is 5.30. The van der Waals surface area contributed by atoms with E-state index in [2.05, 4.69) is 22.1 Å². The van der Waals surface area contributed by atoms with Crippen LogP contribution in [0, 0.1) is 0 Å². The van der Waals surface area contributed by atoms with Gasteiger partial charge in [0.15, 0.2) is 0 Å². The van der Waals surface area contributed by atoms with Crippen molar-refractivity contribution in [1.29, 1.82) is 0 Å². The molecule has 2 aromatic heterocycles. The highest BCUT2D eigenvalue weighted by atomic mass is 19.4. The van der Waals surface area contributed by atoms with E-state index in [1.807, 2.05) is 30.3 Å². The zero-order valence-corrected chi connectivity index (χ0v) is 17.6. The van der Waals surface area contributed by atoms with Gasteiger partial charge in [0.05, 0.1) is 22.6 Å². The van der Waals surface area contributed by atoms with E-state index >= 15 is 0 Å². The van der Waals surface area contributed by atoms with E-state index in [1.165, 1.54) is 12.3 Å². The molecule has 0 fully saturated rings. The molecule has 6 nitrogen and oxygen atoms in total. The van der Waals surface area contributed by atoms with Crippen molar-refractivity contribution in [2.24, 2.45) is 0 Å². The van der Waals surface area contributed by atoms with Crippen LogP contribution in [0.5, 0.6) is 0 Å². The third kappa shape index (κ3) is 4.67. The number of nitrogens with one attached hydrogen (secondary N) is 1. The zero-order valence-electron chi connectivity index (χ0n) is 17.6. The van der Waals surface area contributed by atoms with Crippen LogP contribution in [-0.2, 0) is 17.6 Å². The van der Waals surface area contributed by atoms with Gasteiger partial charge in [-0.2, -0.15) is 17.9 Å². The number of fused-ring (bicyclic) bond motifs is 1. The van der Waals surface area contributed by atoms with Crippen LogP contribution in [0.15, 0.2) is 48.7 Å². The molecule has 0 atom stereocenters. The lowest BCUT2D eigenvalue weighted by Crippen LogP contribution is -2.37. The lowest BCUT2D eigenvalue weighted by Gasteiger charge is -2.17. The summed E-state index contributed by atoms with van der Waals surface area (Å²) in [4.78, 5) is 32.8. The summed E-state index contributed by atoms with van der Waals surface area (Å²) in [5, 5.41) is 2.64. The predicted octanol–water partition coefficient (Wildman–Crippen LogP) is 4.09. The molecule has 0 bridgehead atoms. The fourth-order valence-electron chi connectivity index (χ4n) is 3.69. The molecular weight excluding hydrogens is 435 g/mol. The second-order valence-electron chi connectivity index (χ2n) is 7.42. The van der Waals surface area contributed by atoms with Crippen molar-refractivity contribution in [3.05, 3.63) is 76.7 Å². The summed E-state index contributed by atoms with van der Waals surface area (Å²) in [5.74, 6) is -2.80. The Balaban J connectivity index is 1.74. The average molecular weight is 455 g/mol. The normalized spacial score (nSPS) is 13.6. The van der Waals surface area contributed by atoms with Crippen LogP contribution in [0.3, 0.4) is 0 Å². The summed E-state index contributed by atoms with van der Waals surface area (Å²) < 4.78 is 39.5. The molecule has 9 heteroatoms. The number of rotatable bonds is 5. The minimum Gasteiger partial charge on any atom is -0.352 e. The van der Waals surface area contributed by atoms with Gasteiger partial charge >= 0.3 is 12.1 Å². The molecule has 3 heterocycles. The fourth-order valence-corrected chi connectivity index (χ4v) is 3.69. The van der Waals surface area contributed by atoms with Crippen molar-refractivity contribution >= 4 is 24.0 Å². The molecule has 1 aliphatic heterocycles. The van der Waals surface area contributed by atoms with Gasteiger partial charge in [-0.1, -0.05) is 37.3 Å². The maximum Gasteiger partial charge on any atom is 0.493 e. The number of hydrogen-bond acceptors (Lipinski definition) is 4. The Kier molecular flexibility index (Phi) is 6.04. The molecule has 0 radical (unpaired) electrons. The van der Waals surface area contributed by atoms with Crippen LogP contribution in [0.1, 0.15) is 39.8 Å². The second kappa shape index (κ2) is 8.93. The molecule has 1 aliphatic rings. The summed E-state index contributed by atoms with van der Waals surface area (Å²) in [6.45, 7) is 2.28. The summed E-state index contributed by atoms with van der Waals surface area (Å²) in [5.41, 5.74) is 3.72. The summed E-state index contributed by atoms with van der Waals surface area (Å²) in [6.07, 6.45) is 1.11. The molecule has 0 aliphatic carbocycles. The first-order chi connectivity index (χ1) is 15.8. The molecule has 0 saturated heterocycles. The Hall–Kier alpha value is -3.88. The summed E-state index contributed by atoms with van der Waals surface area (Å²) in [7, 11) is 0. The van der Waals surface area contributed by atoms with Gasteiger partial charge < -0.3 is 10.2 Å². The number of amides is 1. The van der Waals surface area contributed by atoms with Crippen LogP contribution in [0.4, 0.5) is 13.2 Å². The molecule has 33 heavy (non-hydrogen) atoms. The number of hydrogen-bond donors (Lipinski definition) is 1. The van der Waals surface area contributed by atoms with E-state index in [9.17, 15) is 22.8 Å². The van der Waals surface area contributed by atoms with Gasteiger partial charge in [0, 0.05) is 24.7 Å².